The molecule has 0 spiro atoms. The van der Waals surface area contributed by atoms with Crippen LogP contribution in [-0.2, 0) is 4.74 Å². The number of para-hydroxylation sites is 1. The average molecular weight is 293 g/mol. The first-order chi connectivity index (χ1) is 10.0. The molecule has 1 aromatic rings. The second kappa shape index (κ2) is 8.52. The van der Waals surface area contributed by atoms with E-state index in [-0.39, 0.29) is 5.97 Å². The molecular weight excluding hydrogens is 266 g/mol. The fraction of sp³-hybridized carbons (Fsp3) is 0.562. The Balaban J connectivity index is 2.64. The van der Waals surface area contributed by atoms with Crippen LogP contribution in [-0.4, -0.2) is 43.7 Å². The summed E-state index contributed by atoms with van der Waals surface area (Å²) in [4.78, 5) is 14.1. The van der Waals surface area contributed by atoms with Crippen LogP contribution >= 0.6 is 0 Å². The number of rotatable bonds is 8. The van der Waals surface area contributed by atoms with Gasteiger partial charge in [0, 0.05) is 19.1 Å². The molecule has 118 valence electrons. The van der Waals surface area contributed by atoms with Gasteiger partial charge < -0.3 is 20.7 Å². The lowest BCUT2D eigenvalue weighted by atomic mass is 10.1. The van der Waals surface area contributed by atoms with E-state index in [4.69, 9.17) is 10.5 Å². The summed E-state index contributed by atoms with van der Waals surface area (Å²) in [7, 11) is 2.11. The van der Waals surface area contributed by atoms with Crippen LogP contribution in [0.25, 0.3) is 0 Å². The molecule has 1 aromatic carbocycles. The maximum absolute atomic E-state index is 11.8. The Morgan fingerprint density at radius 2 is 2.14 bits per heavy atom. The van der Waals surface area contributed by atoms with E-state index in [1.807, 2.05) is 12.1 Å². The number of likely N-dealkylation sites (N-methyl/N-ethyl adjacent to an activating group) is 1. The van der Waals surface area contributed by atoms with Crippen molar-refractivity contribution in [3.05, 3.63) is 23.8 Å². The van der Waals surface area contributed by atoms with Crippen LogP contribution in [0.15, 0.2) is 18.2 Å². The zero-order valence-electron chi connectivity index (χ0n) is 13.5. The minimum atomic E-state index is -0.379. The highest BCUT2D eigenvalue weighted by atomic mass is 16.5. The molecule has 0 amide bonds. The first kappa shape index (κ1) is 17.3. The molecule has 5 heteroatoms. The van der Waals surface area contributed by atoms with Gasteiger partial charge in [-0.25, -0.2) is 4.79 Å². The average Bonchev–Trinajstić information content (AvgIpc) is 2.48. The number of nitrogens with zero attached hydrogens (tertiary/aromatic N) is 1. The van der Waals surface area contributed by atoms with Gasteiger partial charge >= 0.3 is 5.97 Å². The van der Waals surface area contributed by atoms with Crippen molar-refractivity contribution >= 4 is 17.3 Å². The van der Waals surface area contributed by atoms with Crippen molar-refractivity contribution in [2.45, 2.75) is 33.2 Å². The maximum atomic E-state index is 11.8. The molecule has 3 N–H and O–H groups in total. The Labute approximate surface area is 127 Å². The highest BCUT2D eigenvalue weighted by Crippen LogP contribution is 2.23. The van der Waals surface area contributed by atoms with Crippen LogP contribution in [0.5, 0.6) is 0 Å². The number of carbonyl (C=O) groups excluding carboxylic acids is 1. The van der Waals surface area contributed by atoms with E-state index in [9.17, 15) is 4.79 Å². The predicted octanol–water partition coefficient (Wildman–Crippen LogP) is 2.59. The summed E-state index contributed by atoms with van der Waals surface area (Å²) in [6, 6.07) is 5.92. The standard InChI is InChI=1S/C16H27N3O2/c1-5-12(3)19(4)11-10-18-14-9-7-8-13(15(14)17)16(20)21-6-2/h7-9,12,18H,5-6,10-11,17H2,1-4H3. The van der Waals surface area contributed by atoms with Crippen molar-refractivity contribution in [2.24, 2.45) is 0 Å². The molecule has 0 saturated heterocycles. The molecule has 0 aliphatic heterocycles. The van der Waals surface area contributed by atoms with Crippen LogP contribution in [0.3, 0.4) is 0 Å². The zero-order valence-corrected chi connectivity index (χ0v) is 13.5. The van der Waals surface area contributed by atoms with Gasteiger partial charge in [0.2, 0.25) is 0 Å². The minimum absolute atomic E-state index is 0.343. The van der Waals surface area contributed by atoms with Crippen molar-refractivity contribution in [1.82, 2.24) is 4.90 Å². The van der Waals surface area contributed by atoms with E-state index in [1.54, 1.807) is 13.0 Å². The molecule has 0 saturated carbocycles. The van der Waals surface area contributed by atoms with E-state index in [0.717, 1.165) is 25.2 Å². The van der Waals surface area contributed by atoms with Gasteiger partial charge in [0.1, 0.15) is 0 Å². The smallest absolute Gasteiger partial charge is 0.340 e. The molecular formula is C16H27N3O2. The third-order valence-electron chi connectivity index (χ3n) is 3.72. The molecule has 5 nitrogen and oxygen atoms in total. The van der Waals surface area contributed by atoms with Crippen molar-refractivity contribution in [2.75, 3.05) is 37.8 Å². The van der Waals surface area contributed by atoms with Gasteiger partial charge in [-0.3, -0.25) is 0 Å². The third kappa shape index (κ3) is 4.93. The molecule has 0 radical (unpaired) electrons. The fourth-order valence-electron chi connectivity index (χ4n) is 2.01. The molecule has 0 fully saturated rings. The number of nitrogens with two attached hydrogens (primary N) is 1. The fourth-order valence-corrected chi connectivity index (χ4v) is 2.01. The molecule has 1 rings (SSSR count). The Morgan fingerprint density at radius 1 is 1.43 bits per heavy atom. The number of ether oxygens (including phenoxy) is 1. The Hall–Kier alpha value is -1.75. The normalized spacial score (nSPS) is 12.2. The molecule has 0 aromatic heterocycles. The van der Waals surface area contributed by atoms with Crippen LogP contribution < -0.4 is 11.1 Å². The van der Waals surface area contributed by atoms with Gasteiger partial charge in [0.05, 0.1) is 23.5 Å². The maximum Gasteiger partial charge on any atom is 0.340 e. The number of carbonyl (C=O) groups is 1. The largest absolute Gasteiger partial charge is 0.462 e. The quantitative estimate of drug-likeness (QED) is 0.569. The highest BCUT2D eigenvalue weighted by Gasteiger charge is 2.13. The topological polar surface area (TPSA) is 67.6 Å². The number of nitrogens with one attached hydrogen (secondary N) is 1. The van der Waals surface area contributed by atoms with Gasteiger partial charge in [-0.05, 0) is 39.4 Å². The van der Waals surface area contributed by atoms with Gasteiger partial charge in [0.25, 0.3) is 0 Å². The summed E-state index contributed by atoms with van der Waals surface area (Å²) in [5.41, 5.74) is 7.68. The van der Waals surface area contributed by atoms with E-state index < -0.39 is 0 Å². The second-order valence-electron chi connectivity index (χ2n) is 5.15. The Kier molecular flexibility index (Phi) is 7.02. The number of hydrogen-bond acceptors (Lipinski definition) is 5. The summed E-state index contributed by atoms with van der Waals surface area (Å²) >= 11 is 0. The number of nitrogen functional groups attached to an aromatic ring is 1. The lowest BCUT2D eigenvalue weighted by Crippen LogP contribution is -2.32. The molecule has 1 atom stereocenters. The molecule has 21 heavy (non-hydrogen) atoms. The summed E-state index contributed by atoms with van der Waals surface area (Å²) in [5.74, 6) is -0.379. The SMILES string of the molecule is CCOC(=O)c1cccc(NCCN(C)C(C)CC)c1N. The molecule has 0 aliphatic rings. The third-order valence-corrected chi connectivity index (χ3v) is 3.72. The molecule has 1 unspecified atom stereocenters. The van der Waals surface area contributed by atoms with E-state index >= 15 is 0 Å². The zero-order chi connectivity index (χ0) is 15.8. The summed E-state index contributed by atoms with van der Waals surface area (Å²) in [6.07, 6.45) is 1.12. The summed E-state index contributed by atoms with van der Waals surface area (Å²) in [5, 5.41) is 3.29. The van der Waals surface area contributed by atoms with Crippen LogP contribution in [0.2, 0.25) is 0 Å². The lowest BCUT2D eigenvalue weighted by molar-refractivity contribution is 0.0527. The first-order valence-electron chi connectivity index (χ1n) is 7.50. The van der Waals surface area contributed by atoms with Crippen molar-refractivity contribution in [3.63, 3.8) is 0 Å². The van der Waals surface area contributed by atoms with E-state index in [1.165, 1.54) is 0 Å². The summed E-state index contributed by atoms with van der Waals surface area (Å²) < 4.78 is 5.00. The molecule has 0 bridgehead atoms. The Bertz CT molecular complexity index is 463. The van der Waals surface area contributed by atoms with Crippen molar-refractivity contribution < 1.29 is 9.53 Å². The number of benzene rings is 1. The number of hydrogen-bond donors (Lipinski definition) is 2. The highest BCUT2D eigenvalue weighted by molar-refractivity contribution is 5.98. The van der Waals surface area contributed by atoms with Gasteiger partial charge in [0.15, 0.2) is 0 Å². The van der Waals surface area contributed by atoms with E-state index in [0.29, 0.717) is 23.9 Å². The lowest BCUT2D eigenvalue weighted by Gasteiger charge is -2.24. The van der Waals surface area contributed by atoms with Gasteiger partial charge in [-0.1, -0.05) is 13.0 Å². The molecule has 0 heterocycles. The number of esters is 1. The monoisotopic (exact) mass is 293 g/mol. The van der Waals surface area contributed by atoms with Crippen molar-refractivity contribution in [3.8, 4) is 0 Å². The predicted molar refractivity (Wildman–Crippen MR) is 87.7 cm³/mol. The number of anilines is 2. The Morgan fingerprint density at radius 3 is 2.76 bits per heavy atom. The van der Waals surface area contributed by atoms with Gasteiger partial charge in [-0.15, -0.1) is 0 Å². The van der Waals surface area contributed by atoms with Crippen molar-refractivity contribution in [1.29, 1.82) is 0 Å². The van der Waals surface area contributed by atoms with Crippen LogP contribution in [0, 0.1) is 0 Å². The van der Waals surface area contributed by atoms with E-state index in [2.05, 4.69) is 31.1 Å². The minimum Gasteiger partial charge on any atom is -0.462 e. The first-order valence-corrected chi connectivity index (χ1v) is 7.50. The second-order valence-corrected chi connectivity index (χ2v) is 5.15. The van der Waals surface area contributed by atoms with Crippen LogP contribution in [0.4, 0.5) is 11.4 Å². The molecule has 0 aliphatic carbocycles. The van der Waals surface area contributed by atoms with Crippen LogP contribution in [0.1, 0.15) is 37.6 Å². The van der Waals surface area contributed by atoms with Gasteiger partial charge in [-0.2, -0.15) is 0 Å². The summed E-state index contributed by atoms with van der Waals surface area (Å²) in [6.45, 7) is 8.19.